The number of fused-ring (bicyclic) bond motifs is 7. The molecule has 0 aliphatic heterocycles. The minimum absolute atomic E-state index is 0.588. The van der Waals surface area contributed by atoms with E-state index in [0.717, 1.165) is 82.7 Å². The van der Waals surface area contributed by atoms with Crippen molar-refractivity contribution in [1.29, 1.82) is 0 Å². The van der Waals surface area contributed by atoms with Gasteiger partial charge in [-0.3, -0.25) is 9.97 Å². The first-order chi connectivity index (χ1) is 25.3. The van der Waals surface area contributed by atoms with Gasteiger partial charge in [-0.15, -0.1) is 0 Å². The minimum Gasteiger partial charge on any atom is -0.455 e. The molecule has 0 aliphatic carbocycles. The van der Waals surface area contributed by atoms with E-state index in [1.807, 2.05) is 42.5 Å². The Morgan fingerprint density at radius 3 is 1.47 bits per heavy atom. The molecule has 0 bridgehead atoms. The molecule has 0 amide bonds. The molecule has 5 heterocycles. The van der Waals surface area contributed by atoms with E-state index in [0.29, 0.717) is 17.5 Å². The normalized spacial score (nSPS) is 11.5. The van der Waals surface area contributed by atoms with Crippen LogP contribution in [0.1, 0.15) is 0 Å². The topological polar surface area (TPSA) is 90.5 Å². The number of pyridine rings is 3. The Bertz CT molecular complexity index is 2830. The highest BCUT2D eigenvalue weighted by Crippen LogP contribution is 2.41. The summed E-state index contributed by atoms with van der Waals surface area (Å²) in [5.74, 6) is 1.77. The van der Waals surface area contributed by atoms with Crippen molar-refractivity contribution >= 4 is 43.6 Å². The molecule has 0 saturated heterocycles. The second-order valence-corrected chi connectivity index (χ2v) is 12.4. The molecule has 0 N–H and O–H groups in total. The quantitative estimate of drug-likeness (QED) is 0.171. The van der Waals surface area contributed by atoms with Gasteiger partial charge in [-0.05, 0) is 53.6 Å². The van der Waals surface area contributed by atoms with Gasteiger partial charge in [-0.1, -0.05) is 91.0 Å². The number of furan rings is 1. The lowest BCUT2D eigenvalue weighted by molar-refractivity contribution is 0.673. The Labute approximate surface area is 292 Å². The van der Waals surface area contributed by atoms with Gasteiger partial charge in [-0.25, -0.2) is 19.9 Å². The molecule has 10 aromatic rings. The lowest BCUT2D eigenvalue weighted by Gasteiger charge is -2.11. The predicted molar refractivity (Wildman–Crippen MR) is 203 cm³/mol. The molecule has 0 atom stereocenters. The minimum atomic E-state index is 0.588. The summed E-state index contributed by atoms with van der Waals surface area (Å²) in [5, 5.41) is 5.45. The van der Waals surface area contributed by atoms with Crippen molar-refractivity contribution in [3.63, 3.8) is 0 Å². The van der Waals surface area contributed by atoms with Gasteiger partial charge in [0.25, 0.3) is 0 Å². The summed E-state index contributed by atoms with van der Waals surface area (Å²) in [4.78, 5) is 27.9. The molecule has 5 aromatic carbocycles. The zero-order valence-corrected chi connectivity index (χ0v) is 27.1. The molecule has 10 rings (SSSR count). The van der Waals surface area contributed by atoms with Gasteiger partial charge in [0.15, 0.2) is 17.5 Å². The maximum atomic E-state index is 6.50. The van der Waals surface area contributed by atoms with E-state index >= 15 is 0 Å². The molecule has 7 heteroatoms. The Hall–Kier alpha value is -7.12. The number of para-hydroxylation sites is 2. The number of nitrogens with zero attached hydrogens (tertiary/aromatic N) is 6. The average Bonchev–Trinajstić information content (AvgIpc) is 3.60. The maximum absolute atomic E-state index is 6.50. The van der Waals surface area contributed by atoms with E-state index in [1.165, 1.54) is 0 Å². The first-order valence-electron chi connectivity index (χ1n) is 16.7. The van der Waals surface area contributed by atoms with Crippen molar-refractivity contribution in [2.45, 2.75) is 0 Å². The first-order valence-corrected chi connectivity index (χ1v) is 16.7. The summed E-state index contributed by atoms with van der Waals surface area (Å²) >= 11 is 0. The monoisotopic (exact) mass is 654 g/mol. The zero-order chi connectivity index (χ0) is 33.7. The molecular weight excluding hydrogens is 629 g/mol. The van der Waals surface area contributed by atoms with Crippen LogP contribution in [0.15, 0.2) is 163 Å². The van der Waals surface area contributed by atoms with E-state index in [2.05, 4.69) is 101 Å². The summed E-state index contributed by atoms with van der Waals surface area (Å²) in [5.41, 5.74) is 9.51. The van der Waals surface area contributed by atoms with Crippen LogP contribution < -0.4 is 0 Å². The van der Waals surface area contributed by atoms with Crippen LogP contribution in [0.2, 0.25) is 0 Å². The van der Waals surface area contributed by atoms with Crippen LogP contribution in [0, 0.1) is 0 Å². The molecule has 7 nitrogen and oxygen atoms in total. The van der Waals surface area contributed by atoms with E-state index in [4.69, 9.17) is 24.4 Å². The highest BCUT2D eigenvalue weighted by Gasteiger charge is 2.17. The van der Waals surface area contributed by atoms with Crippen LogP contribution in [0.25, 0.3) is 100 Å². The van der Waals surface area contributed by atoms with Crippen molar-refractivity contribution in [1.82, 2.24) is 29.9 Å². The summed E-state index contributed by atoms with van der Waals surface area (Å²) < 4.78 is 6.50. The molecule has 0 aliphatic rings. The summed E-state index contributed by atoms with van der Waals surface area (Å²) in [7, 11) is 0. The number of hydrogen-bond donors (Lipinski definition) is 0. The van der Waals surface area contributed by atoms with Crippen LogP contribution in [-0.4, -0.2) is 29.9 Å². The fourth-order valence-electron chi connectivity index (χ4n) is 6.83. The first kappa shape index (κ1) is 28.9. The van der Waals surface area contributed by atoms with E-state index < -0.39 is 0 Å². The van der Waals surface area contributed by atoms with Crippen LogP contribution in [0.3, 0.4) is 0 Å². The molecule has 0 radical (unpaired) electrons. The highest BCUT2D eigenvalue weighted by molar-refractivity contribution is 6.24. The summed E-state index contributed by atoms with van der Waals surface area (Å²) in [6.07, 6.45) is 6.96. The molecule has 0 spiro atoms. The predicted octanol–water partition coefficient (Wildman–Crippen LogP) is 10.6. The van der Waals surface area contributed by atoms with E-state index in [1.54, 1.807) is 24.8 Å². The number of hydrogen-bond acceptors (Lipinski definition) is 7. The van der Waals surface area contributed by atoms with Crippen molar-refractivity contribution in [2.24, 2.45) is 0 Å². The molecule has 0 fully saturated rings. The average molecular weight is 655 g/mol. The van der Waals surface area contributed by atoms with Gasteiger partial charge >= 0.3 is 0 Å². The van der Waals surface area contributed by atoms with E-state index in [-0.39, 0.29) is 0 Å². The Morgan fingerprint density at radius 1 is 0.353 bits per heavy atom. The van der Waals surface area contributed by atoms with Gasteiger partial charge in [0, 0.05) is 74.0 Å². The fourth-order valence-corrected chi connectivity index (χ4v) is 6.83. The van der Waals surface area contributed by atoms with Crippen molar-refractivity contribution in [3.05, 3.63) is 158 Å². The molecule has 0 unspecified atom stereocenters. The molecule has 238 valence electrons. The van der Waals surface area contributed by atoms with E-state index in [9.17, 15) is 0 Å². The van der Waals surface area contributed by atoms with Crippen LogP contribution in [0.4, 0.5) is 0 Å². The van der Waals surface area contributed by atoms with Crippen LogP contribution in [-0.2, 0) is 0 Å². The van der Waals surface area contributed by atoms with Gasteiger partial charge in [0.2, 0.25) is 0 Å². The third kappa shape index (κ3) is 4.99. The Balaban J connectivity index is 1.03. The third-order valence-electron chi connectivity index (χ3n) is 9.35. The molecule has 0 saturated carbocycles. The molecule has 5 aromatic heterocycles. The van der Waals surface area contributed by atoms with Gasteiger partial charge < -0.3 is 4.42 Å². The van der Waals surface area contributed by atoms with Gasteiger partial charge in [0.05, 0.1) is 11.2 Å². The maximum Gasteiger partial charge on any atom is 0.164 e. The SMILES string of the molecule is c1ccc2c(c1)nc(-c1ccc(-c3ccc(-c4nc(-c5ccncc5)nc(-c5ccncc5)n4)cc3)cc1)c1ccc3c4ccccc4oc3c12. The lowest BCUT2D eigenvalue weighted by atomic mass is 9.96. The number of rotatable bonds is 5. The smallest absolute Gasteiger partial charge is 0.164 e. The van der Waals surface area contributed by atoms with Crippen molar-refractivity contribution in [2.75, 3.05) is 0 Å². The summed E-state index contributed by atoms with van der Waals surface area (Å²) in [6, 6.07) is 45.4. The third-order valence-corrected chi connectivity index (χ3v) is 9.35. The second kappa shape index (κ2) is 11.8. The Morgan fingerprint density at radius 2 is 0.843 bits per heavy atom. The molecule has 51 heavy (non-hydrogen) atoms. The van der Waals surface area contributed by atoms with Gasteiger partial charge in [0.1, 0.15) is 11.2 Å². The molecular formula is C44H26N6O. The fraction of sp³-hybridized carbons (Fsp3) is 0. The number of benzene rings is 5. The zero-order valence-electron chi connectivity index (χ0n) is 27.1. The van der Waals surface area contributed by atoms with Crippen LogP contribution >= 0.6 is 0 Å². The van der Waals surface area contributed by atoms with Gasteiger partial charge in [-0.2, -0.15) is 0 Å². The standard InChI is InChI=1S/C44H26N6O/c1-3-7-37-35(6-1)39-36(18-17-34-33-5-2-4-8-38(33)51-41(34)39)40(47-37)29-13-9-27(10-14-29)28-11-15-30(16-12-28)42-48-43(31-19-23-45-24-20-31)50-44(49-42)32-21-25-46-26-22-32/h1-26H. The Kier molecular flexibility index (Phi) is 6.67. The highest BCUT2D eigenvalue weighted by atomic mass is 16.3. The van der Waals surface area contributed by atoms with Crippen LogP contribution in [0.5, 0.6) is 0 Å². The largest absolute Gasteiger partial charge is 0.455 e. The summed E-state index contributed by atoms with van der Waals surface area (Å²) in [6.45, 7) is 0. The lowest BCUT2D eigenvalue weighted by Crippen LogP contribution is -2.00. The second-order valence-electron chi connectivity index (χ2n) is 12.4. The number of aromatic nitrogens is 6. The van der Waals surface area contributed by atoms with Crippen molar-refractivity contribution < 1.29 is 4.42 Å². The van der Waals surface area contributed by atoms with Crippen molar-refractivity contribution in [3.8, 4) is 56.5 Å².